The third kappa shape index (κ3) is 3.05. The molecule has 0 saturated heterocycles. The van der Waals surface area contributed by atoms with E-state index in [2.05, 4.69) is 10.3 Å². The fourth-order valence-corrected chi connectivity index (χ4v) is 3.40. The van der Waals surface area contributed by atoms with Gasteiger partial charge in [0.05, 0.1) is 26.9 Å². The summed E-state index contributed by atoms with van der Waals surface area (Å²) < 4.78 is 0. The first-order valence-corrected chi connectivity index (χ1v) is 8.89. The highest BCUT2D eigenvalue weighted by molar-refractivity contribution is 6.33. The number of rotatable bonds is 4. The number of aromatic nitrogens is 1. The van der Waals surface area contributed by atoms with Crippen molar-refractivity contribution in [1.82, 2.24) is 4.98 Å². The van der Waals surface area contributed by atoms with E-state index in [0.29, 0.717) is 22.6 Å². The molecule has 1 N–H and O–H groups in total. The smallest absolute Gasteiger partial charge is 0.271 e. The Bertz CT molecular complexity index is 1090. The van der Waals surface area contributed by atoms with Gasteiger partial charge < -0.3 is 5.32 Å². The minimum atomic E-state index is -0.592. The molecule has 1 amide bonds. The predicted molar refractivity (Wildman–Crippen MR) is 107 cm³/mol. The van der Waals surface area contributed by atoms with E-state index in [9.17, 15) is 14.9 Å². The van der Waals surface area contributed by atoms with Crippen LogP contribution in [0.5, 0.6) is 0 Å². The number of hydrogen-bond donors (Lipinski definition) is 1. The fourth-order valence-electron chi connectivity index (χ4n) is 3.17. The summed E-state index contributed by atoms with van der Waals surface area (Å²) in [4.78, 5) is 29.5. The Morgan fingerprint density at radius 3 is 2.61 bits per heavy atom. The molecule has 0 bridgehead atoms. The molecule has 1 aliphatic rings. The molecule has 1 aliphatic heterocycles. The van der Waals surface area contributed by atoms with Crippen molar-refractivity contribution in [2.45, 2.75) is 13.1 Å². The van der Waals surface area contributed by atoms with Gasteiger partial charge in [0.15, 0.2) is 6.17 Å². The zero-order chi connectivity index (χ0) is 19.8. The summed E-state index contributed by atoms with van der Waals surface area (Å²) in [5, 5.41) is 14.3. The number of benzene rings is 2. The van der Waals surface area contributed by atoms with Gasteiger partial charge in [-0.2, -0.15) is 0 Å². The lowest BCUT2D eigenvalue weighted by atomic mass is 10.2. The lowest BCUT2D eigenvalue weighted by molar-refractivity contribution is -0.384. The number of nitrogens with zero attached hydrogens (tertiary/aromatic N) is 3. The summed E-state index contributed by atoms with van der Waals surface area (Å²) in [6.07, 6.45) is 1.03. The van der Waals surface area contributed by atoms with Gasteiger partial charge in [-0.3, -0.25) is 24.8 Å². The van der Waals surface area contributed by atoms with Gasteiger partial charge in [-0.25, -0.2) is 0 Å². The minimum absolute atomic E-state index is 0.105. The van der Waals surface area contributed by atoms with Crippen LogP contribution in [0.15, 0.2) is 60.8 Å². The number of amides is 1. The normalized spacial score (nSPS) is 15.4. The van der Waals surface area contributed by atoms with Crippen molar-refractivity contribution in [3.05, 3.63) is 92.8 Å². The Labute approximate surface area is 165 Å². The number of aryl methyl sites for hydroxylation is 1. The Kier molecular flexibility index (Phi) is 4.44. The second-order valence-corrected chi connectivity index (χ2v) is 6.82. The molecular formula is C20H15ClN4O3. The third-order valence-electron chi connectivity index (χ3n) is 4.57. The number of pyridine rings is 1. The lowest BCUT2D eigenvalue weighted by Crippen LogP contribution is -2.32. The molecule has 1 atom stereocenters. The first-order valence-electron chi connectivity index (χ1n) is 8.51. The first-order chi connectivity index (χ1) is 13.5. The number of non-ortho nitro benzene ring substituents is 1. The SMILES string of the molecule is Cc1ccc(N2C(=O)c3cccnc3[C@H]2Nc2ccc([N+](=O)[O-])cc2Cl)cc1. The van der Waals surface area contributed by atoms with Crippen LogP contribution in [-0.4, -0.2) is 15.8 Å². The summed E-state index contributed by atoms with van der Waals surface area (Å²) in [5.74, 6) is -0.178. The number of hydrogen-bond acceptors (Lipinski definition) is 5. The van der Waals surface area contributed by atoms with Crippen LogP contribution in [0.1, 0.15) is 27.8 Å². The van der Waals surface area contributed by atoms with Crippen LogP contribution in [0.4, 0.5) is 17.1 Å². The average Bonchev–Trinajstić information content (AvgIpc) is 2.96. The van der Waals surface area contributed by atoms with Gasteiger partial charge in [0, 0.05) is 24.0 Å². The van der Waals surface area contributed by atoms with Crippen LogP contribution >= 0.6 is 11.6 Å². The second-order valence-electron chi connectivity index (χ2n) is 6.42. The fraction of sp³-hybridized carbons (Fsp3) is 0.100. The molecule has 7 nitrogen and oxygen atoms in total. The molecule has 8 heteroatoms. The van der Waals surface area contributed by atoms with Crippen LogP contribution in [0.3, 0.4) is 0 Å². The van der Waals surface area contributed by atoms with Gasteiger partial charge in [-0.05, 0) is 37.3 Å². The van der Waals surface area contributed by atoms with Crippen molar-refractivity contribution < 1.29 is 9.72 Å². The average molecular weight is 395 g/mol. The van der Waals surface area contributed by atoms with Crippen molar-refractivity contribution >= 4 is 34.6 Å². The highest BCUT2D eigenvalue weighted by Gasteiger charge is 2.39. The number of halogens is 1. The Hall–Kier alpha value is -3.45. The lowest BCUT2D eigenvalue weighted by Gasteiger charge is -2.27. The van der Waals surface area contributed by atoms with Gasteiger partial charge >= 0.3 is 0 Å². The van der Waals surface area contributed by atoms with Crippen LogP contribution in [-0.2, 0) is 0 Å². The molecule has 0 spiro atoms. The van der Waals surface area contributed by atoms with Crippen molar-refractivity contribution in [3.8, 4) is 0 Å². The molecule has 0 aliphatic carbocycles. The summed E-state index contributed by atoms with van der Waals surface area (Å²) in [6.45, 7) is 1.97. The topological polar surface area (TPSA) is 88.4 Å². The number of anilines is 2. The molecule has 1 aromatic heterocycles. The van der Waals surface area contributed by atoms with E-state index >= 15 is 0 Å². The number of nitrogens with one attached hydrogen (secondary N) is 1. The van der Waals surface area contributed by atoms with Crippen molar-refractivity contribution in [1.29, 1.82) is 0 Å². The summed E-state index contributed by atoms with van der Waals surface area (Å²) in [6, 6.07) is 15.2. The summed E-state index contributed by atoms with van der Waals surface area (Å²) in [5.41, 5.74) is 3.23. The van der Waals surface area contributed by atoms with Gasteiger partial charge in [-0.15, -0.1) is 0 Å². The Morgan fingerprint density at radius 1 is 1.18 bits per heavy atom. The van der Waals surface area contributed by atoms with E-state index in [1.54, 1.807) is 23.2 Å². The van der Waals surface area contributed by atoms with Crippen molar-refractivity contribution in [3.63, 3.8) is 0 Å². The van der Waals surface area contributed by atoms with Crippen LogP contribution in [0, 0.1) is 17.0 Å². The maximum atomic E-state index is 13.0. The standard InChI is InChI=1S/C20H15ClN4O3/c1-12-4-6-13(7-5-12)24-19(18-15(20(24)26)3-2-10-22-18)23-17-9-8-14(25(27)28)11-16(17)21/h2-11,19,23H,1H3/t19-/m0/s1. The monoisotopic (exact) mass is 394 g/mol. The summed E-state index contributed by atoms with van der Waals surface area (Å²) >= 11 is 6.24. The molecule has 0 unspecified atom stereocenters. The van der Waals surface area contributed by atoms with Gasteiger partial charge in [0.2, 0.25) is 0 Å². The predicted octanol–water partition coefficient (Wildman–Crippen LogP) is 4.72. The van der Waals surface area contributed by atoms with Crippen LogP contribution in [0.2, 0.25) is 5.02 Å². The molecule has 4 rings (SSSR count). The van der Waals surface area contributed by atoms with Gasteiger partial charge in [0.25, 0.3) is 11.6 Å². The number of nitro benzene ring substituents is 1. The van der Waals surface area contributed by atoms with Crippen molar-refractivity contribution in [2.75, 3.05) is 10.2 Å². The quantitative estimate of drug-likeness (QED) is 0.510. The van der Waals surface area contributed by atoms with Crippen molar-refractivity contribution in [2.24, 2.45) is 0 Å². The maximum Gasteiger partial charge on any atom is 0.271 e. The molecule has 28 heavy (non-hydrogen) atoms. The van der Waals surface area contributed by atoms with E-state index in [-0.39, 0.29) is 16.6 Å². The van der Waals surface area contributed by atoms with Gasteiger partial charge in [-0.1, -0.05) is 29.3 Å². The van der Waals surface area contributed by atoms with E-state index in [4.69, 9.17) is 11.6 Å². The van der Waals surface area contributed by atoms with Crippen LogP contribution in [0.25, 0.3) is 0 Å². The second kappa shape index (κ2) is 6.94. The summed E-state index contributed by atoms with van der Waals surface area (Å²) in [7, 11) is 0. The molecule has 2 aromatic carbocycles. The first kappa shape index (κ1) is 17.9. The Balaban J connectivity index is 1.76. The van der Waals surface area contributed by atoms with Gasteiger partial charge in [0.1, 0.15) is 0 Å². The number of nitro groups is 1. The molecule has 2 heterocycles. The van der Waals surface area contributed by atoms with E-state index in [1.807, 2.05) is 31.2 Å². The zero-order valence-corrected chi connectivity index (χ0v) is 15.6. The van der Waals surface area contributed by atoms with E-state index in [1.165, 1.54) is 18.2 Å². The number of carbonyl (C=O) groups excluding carboxylic acids is 1. The largest absolute Gasteiger partial charge is 0.359 e. The zero-order valence-electron chi connectivity index (χ0n) is 14.8. The van der Waals surface area contributed by atoms with E-state index in [0.717, 1.165) is 5.56 Å². The highest BCUT2D eigenvalue weighted by atomic mass is 35.5. The molecule has 0 fully saturated rings. The number of carbonyl (C=O) groups is 1. The highest BCUT2D eigenvalue weighted by Crippen LogP contribution is 2.38. The molecule has 0 radical (unpaired) electrons. The minimum Gasteiger partial charge on any atom is -0.359 e. The molecular weight excluding hydrogens is 380 g/mol. The van der Waals surface area contributed by atoms with Crippen LogP contribution < -0.4 is 10.2 Å². The molecule has 3 aromatic rings. The Morgan fingerprint density at radius 2 is 1.93 bits per heavy atom. The molecule has 140 valence electrons. The third-order valence-corrected chi connectivity index (χ3v) is 4.89. The number of fused-ring (bicyclic) bond motifs is 1. The maximum absolute atomic E-state index is 13.0. The van der Waals surface area contributed by atoms with E-state index < -0.39 is 11.1 Å². The molecule has 0 saturated carbocycles.